The summed E-state index contributed by atoms with van der Waals surface area (Å²) in [6, 6.07) is 12.0. The van der Waals surface area contributed by atoms with Crippen molar-refractivity contribution in [2.75, 3.05) is 6.54 Å². The average Bonchev–Trinajstić information content (AvgIpc) is 2.82. The highest BCUT2D eigenvalue weighted by atomic mass is 19.4. The molecule has 1 aliphatic heterocycles. The van der Waals surface area contributed by atoms with Crippen molar-refractivity contribution in [3.63, 3.8) is 0 Å². The van der Waals surface area contributed by atoms with E-state index in [1.54, 1.807) is 0 Å². The molecular formula is C19H18F3NO2. The van der Waals surface area contributed by atoms with Crippen molar-refractivity contribution in [3.8, 4) is 0 Å². The van der Waals surface area contributed by atoms with Crippen LogP contribution in [0.2, 0.25) is 0 Å². The summed E-state index contributed by atoms with van der Waals surface area (Å²) in [6.45, 7) is 0.814. The Hall–Kier alpha value is -2.34. The molecule has 0 bridgehead atoms. The second-order valence-electron chi connectivity index (χ2n) is 6.16. The first-order chi connectivity index (χ1) is 11.9. The minimum Gasteiger partial charge on any atom is -0.378 e. The normalized spacial score (nSPS) is 16.1. The molecule has 2 aromatic carbocycles. The van der Waals surface area contributed by atoms with Gasteiger partial charge in [0.1, 0.15) is 0 Å². The zero-order valence-corrected chi connectivity index (χ0v) is 13.5. The molecule has 6 heteroatoms. The van der Waals surface area contributed by atoms with E-state index in [0.717, 1.165) is 36.1 Å². The van der Waals surface area contributed by atoms with Gasteiger partial charge in [0, 0.05) is 13.1 Å². The third-order valence-electron chi connectivity index (χ3n) is 4.43. The van der Waals surface area contributed by atoms with E-state index in [-0.39, 0.29) is 5.56 Å². The molecule has 132 valence electrons. The standard InChI is InChI=1S/C19H18F3NO2/c20-19(21,22)16-9-3-7-14(11-16)17(24)18(25)23-10-4-8-13-5-1-2-6-15(13)12-23/h1-3,5-7,9,11,17,24H,4,8,10,12H2. The second kappa shape index (κ2) is 6.88. The maximum Gasteiger partial charge on any atom is 0.416 e. The third-order valence-corrected chi connectivity index (χ3v) is 4.43. The van der Waals surface area contributed by atoms with Gasteiger partial charge in [-0.3, -0.25) is 4.79 Å². The molecule has 2 aromatic rings. The van der Waals surface area contributed by atoms with Gasteiger partial charge in [-0.15, -0.1) is 0 Å². The molecule has 1 unspecified atom stereocenters. The number of fused-ring (bicyclic) bond motifs is 1. The molecule has 1 amide bonds. The zero-order chi connectivity index (χ0) is 18.0. The summed E-state index contributed by atoms with van der Waals surface area (Å²) in [5.41, 5.74) is 1.24. The van der Waals surface area contributed by atoms with Crippen LogP contribution in [-0.2, 0) is 23.9 Å². The van der Waals surface area contributed by atoms with Crippen LogP contribution in [0.5, 0.6) is 0 Å². The van der Waals surface area contributed by atoms with Crippen LogP contribution >= 0.6 is 0 Å². The number of rotatable bonds is 2. The van der Waals surface area contributed by atoms with Gasteiger partial charge in [-0.2, -0.15) is 13.2 Å². The summed E-state index contributed by atoms with van der Waals surface area (Å²) < 4.78 is 38.5. The number of nitrogens with zero attached hydrogens (tertiary/aromatic N) is 1. The Morgan fingerprint density at radius 3 is 2.52 bits per heavy atom. The Balaban J connectivity index is 1.81. The lowest BCUT2D eigenvalue weighted by Crippen LogP contribution is -2.35. The van der Waals surface area contributed by atoms with Crippen LogP contribution in [-0.4, -0.2) is 22.5 Å². The Morgan fingerprint density at radius 1 is 1.08 bits per heavy atom. The largest absolute Gasteiger partial charge is 0.416 e. The predicted molar refractivity (Wildman–Crippen MR) is 86.6 cm³/mol. The number of halogens is 3. The van der Waals surface area contributed by atoms with E-state index in [4.69, 9.17) is 0 Å². The van der Waals surface area contributed by atoms with Crippen LogP contribution in [0.4, 0.5) is 13.2 Å². The molecule has 1 aliphatic rings. The van der Waals surface area contributed by atoms with E-state index in [1.807, 2.05) is 24.3 Å². The van der Waals surface area contributed by atoms with E-state index < -0.39 is 23.8 Å². The number of aliphatic hydroxyl groups is 1. The topological polar surface area (TPSA) is 40.5 Å². The molecule has 0 saturated carbocycles. The second-order valence-corrected chi connectivity index (χ2v) is 6.16. The van der Waals surface area contributed by atoms with Crippen molar-refractivity contribution in [2.45, 2.75) is 31.7 Å². The molecule has 25 heavy (non-hydrogen) atoms. The summed E-state index contributed by atoms with van der Waals surface area (Å²) in [4.78, 5) is 14.1. The third kappa shape index (κ3) is 3.85. The van der Waals surface area contributed by atoms with Crippen molar-refractivity contribution in [1.29, 1.82) is 0 Å². The van der Waals surface area contributed by atoms with Gasteiger partial charge in [-0.05, 0) is 41.7 Å². The van der Waals surface area contributed by atoms with Crippen LogP contribution in [0.3, 0.4) is 0 Å². The maximum absolute atomic E-state index is 12.8. The number of hydrogen-bond donors (Lipinski definition) is 1. The van der Waals surface area contributed by atoms with Crippen LogP contribution in [0.15, 0.2) is 48.5 Å². The molecule has 1 atom stereocenters. The summed E-state index contributed by atoms with van der Waals surface area (Å²) in [5.74, 6) is -0.573. The Morgan fingerprint density at radius 2 is 1.80 bits per heavy atom. The van der Waals surface area contributed by atoms with Gasteiger partial charge in [-0.1, -0.05) is 36.4 Å². The van der Waals surface area contributed by atoms with Gasteiger partial charge >= 0.3 is 6.18 Å². The molecule has 0 saturated heterocycles. The lowest BCUT2D eigenvalue weighted by Gasteiger charge is -2.24. The molecule has 0 aliphatic carbocycles. The molecule has 3 nitrogen and oxygen atoms in total. The smallest absolute Gasteiger partial charge is 0.378 e. The van der Waals surface area contributed by atoms with Gasteiger partial charge in [0.2, 0.25) is 0 Å². The Kier molecular flexibility index (Phi) is 4.81. The van der Waals surface area contributed by atoms with E-state index >= 15 is 0 Å². The number of carbonyl (C=O) groups is 1. The Bertz CT molecular complexity index is 773. The number of aryl methyl sites for hydroxylation is 1. The van der Waals surface area contributed by atoms with E-state index in [2.05, 4.69) is 0 Å². The number of carbonyl (C=O) groups excluding carboxylic acids is 1. The number of alkyl halides is 3. The van der Waals surface area contributed by atoms with Crippen molar-refractivity contribution in [2.24, 2.45) is 0 Å². The lowest BCUT2D eigenvalue weighted by molar-refractivity contribution is -0.142. The van der Waals surface area contributed by atoms with Crippen LogP contribution in [0, 0.1) is 0 Å². The summed E-state index contributed by atoms with van der Waals surface area (Å²) >= 11 is 0. The number of hydrogen-bond acceptors (Lipinski definition) is 2. The van der Waals surface area contributed by atoms with Crippen molar-refractivity contribution >= 4 is 5.91 Å². The fourth-order valence-corrected chi connectivity index (χ4v) is 3.09. The number of amides is 1. The summed E-state index contributed by atoms with van der Waals surface area (Å²) in [5, 5.41) is 10.3. The van der Waals surface area contributed by atoms with Crippen molar-refractivity contribution < 1.29 is 23.1 Å². The fraction of sp³-hybridized carbons (Fsp3) is 0.316. The molecule has 0 aromatic heterocycles. The molecule has 1 N–H and O–H groups in total. The SMILES string of the molecule is O=C(C(O)c1cccc(C(F)(F)F)c1)N1CCCc2ccccc2C1. The van der Waals surface area contributed by atoms with Crippen LogP contribution in [0.1, 0.15) is 34.8 Å². The maximum atomic E-state index is 12.8. The lowest BCUT2D eigenvalue weighted by atomic mass is 10.0. The molecule has 0 fully saturated rings. The summed E-state index contributed by atoms with van der Waals surface area (Å²) in [7, 11) is 0. The minimum atomic E-state index is -4.51. The van der Waals surface area contributed by atoms with Crippen molar-refractivity contribution in [3.05, 3.63) is 70.8 Å². The quantitative estimate of drug-likeness (QED) is 0.898. The van der Waals surface area contributed by atoms with Crippen LogP contribution in [0.25, 0.3) is 0 Å². The highest BCUT2D eigenvalue weighted by molar-refractivity contribution is 5.82. The zero-order valence-electron chi connectivity index (χ0n) is 13.5. The molecule has 1 heterocycles. The highest BCUT2D eigenvalue weighted by Gasteiger charge is 2.32. The number of aliphatic hydroxyl groups excluding tert-OH is 1. The van der Waals surface area contributed by atoms with E-state index in [9.17, 15) is 23.1 Å². The Labute approximate surface area is 143 Å². The monoisotopic (exact) mass is 349 g/mol. The fourth-order valence-electron chi connectivity index (χ4n) is 3.09. The first kappa shape index (κ1) is 17.5. The van der Waals surface area contributed by atoms with Gasteiger partial charge < -0.3 is 10.0 Å². The van der Waals surface area contributed by atoms with Gasteiger partial charge in [0.15, 0.2) is 6.10 Å². The van der Waals surface area contributed by atoms with Gasteiger partial charge in [0.25, 0.3) is 5.91 Å². The number of benzene rings is 2. The molecule has 3 rings (SSSR count). The van der Waals surface area contributed by atoms with E-state index in [0.29, 0.717) is 13.1 Å². The first-order valence-corrected chi connectivity index (χ1v) is 8.07. The molecule has 0 radical (unpaired) electrons. The van der Waals surface area contributed by atoms with E-state index in [1.165, 1.54) is 17.0 Å². The average molecular weight is 349 g/mol. The highest BCUT2D eigenvalue weighted by Crippen LogP contribution is 2.31. The van der Waals surface area contributed by atoms with Crippen molar-refractivity contribution in [1.82, 2.24) is 4.90 Å². The van der Waals surface area contributed by atoms with Crippen LogP contribution < -0.4 is 0 Å². The van der Waals surface area contributed by atoms with Gasteiger partial charge in [-0.25, -0.2) is 0 Å². The van der Waals surface area contributed by atoms with Gasteiger partial charge in [0.05, 0.1) is 5.56 Å². The predicted octanol–water partition coefficient (Wildman–Crippen LogP) is 3.71. The summed E-state index contributed by atoms with van der Waals surface area (Å²) in [6.07, 6.45) is -4.54. The first-order valence-electron chi connectivity index (χ1n) is 8.07. The minimum absolute atomic E-state index is 0.0441. The molecular weight excluding hydrogens is 331 g/mol. The molecule has 0 spiro atoms.